The second kappa shape index (κ2) is 12.4. The zero-order chi connectivity index (χ0) is 29.6. The number of hydrogen-bond acceptors (Lipinski definition) is 7. The molecule has 3 aromatic carbocycles. The number of amides is 4. The van der Waals surface area contributed by atoms with E-state index in [-0.39, 0.29) is 17.7 Å². The zero-order valence-electron chi connectivity index (χ0n) is 21.9. The number of thioether (sulfide) groups is 1. The largest absolute Gasteiger partial charge is 0.478 e. The lowest BCUT2D eigenvalue weighted by atomic mass is 10.2. The van der Waals surface area contributed by atoms with Gasteiger partial charge < -0.3 is 20.2 Å². The maximum absolute atomic E-state index is 13.2. The van der Waals surface area contributed by atoms with Gasteiger partial charge in [-0.3, -0.25) is 19.2 Å². The highest BCUT2D eigenvalue weighted by Crippen LogP contribution is 2.35. The normalized spacial score (nSPS) is 15.0. The van der Waals surface area contributed by atoms with Gasteiger partial charge in [0.25, 0.3) is 11.8 Å². The molecule has 0 aliphatic carbocycles. The summed E-state index contributed by atoms with van der Waals surface area (Å²) in [5.41, 5.74) is 1.08. The maximum Gasteiger partial charge on any atom is 0.335 e. The van der Waals surface area contributed by atoms with E-state index in [9.17, 15) is 24.0 Å². The standard InChI is InChI=1S/C31H23N3O7S/c35-27-18-26(30(38)34(27)22-13-11-20(12-14-22)31(39)40)42-24-10-4-8-21(16-24)32-29(37)25(17-23-9-5-15-41-23)33-28(36)19-6-2-1-3-7-19/h1-17,26H,18H2,(H,32,37)(H,33,36)(H,39,40)/b25-17-/t26-/m1/s1. The molecule has 210 valence electrons. The summed E-state index contributed by atoms with van der Waals surface area (Å²) >= 11 is 1.17. The van der Waals surface area contributed by atoms with Crippen molar-refractivity contribution in [1.29, 1.82) is 0 Å². The van der Waals surface area contributed by atoms with Gasteiger partial charge >= 0.3 is 5.97 Å². The van der Waals surface area contributed by atoms with Crippen LogP contribution in [0.2, 0.25) is 0 Å². The minimum absolute atomic E-state index is 0.0394. The lowest BCUT2D eigenvalue weighted by molar-refractivity contribution is -0.121. The maximum atomic E-state index is 13.2. The van der Waals surface area contributed by atoms with E-state index in [1.807, 2.05) is 0 Å². The summed E-state index contributed by atoms with van der Waals surface area (Å²) in [6.45, 7) is 0. The fourth-order valence-electron chi connectivity index (χ4n) is 4.19. The van der Waals surface area contributed by atoms with Crippen LogP contribution in [-0.2, 0) is 14.4 Å². The Balaban J connectivity index is 1.29. The van der Waals surface area contributed by atoms with Gasteiger partial charge in [0.05, 0.1) is 22.8 Å². The first-order chi connectivity index (χ1) is 20.3. The quantitative estimate of drug-likeness (QED) is 0.189. The van der Waals surface area contributed by atoms with Gasteiger partial charge in [-0.2, -0.15) is 0 Å². The molecule has 4 amide bonds. The van der Waals surface area contributed by atoms with Crippen LogP contribution in [0.3, 0.4) is 0 Å². The number of carbonyl (C=O) groups is 5. The number of benzene rings is 3. The van der Waals surface area contributed by atoms with Gasteiger partial charge in [-0.05, 0) is 66.7 Å². The van der Waals surface area contributed by atoms with Crippen LogP contribution in [0.4, 0.5) is 11.4 Å². The highest BCUT2D eigenvalue weighted by Gasteiger charge is 2.40. The summed E-state index contributed by atoms with van der Waals surface area (Å²) in [5, 5.41) is 13.8. The number of imide groups is 1. The minimum Gasteiger partial charge on any atom is -0.478 e. The van der Waals surface area contributed by atoms with E-state index < -0.39 is 34.8 Å². The summed E-state index contributed by atoms with van der Waals surface area (Å²) in [4.78, 5) is 64.6. The monoisotopic (exact) mass is 581 g/mol. The number of hydrogen-bond donors (Lipinski definition) is 3. The van der Waals surface area contributed by atoms with Crippen molar-refractivity contribution in [3.63, 3.8) is 0 Å². The molecule has 0 saturated carbocycles. The average Bonchev–Trinajstić information content (AvgIpc) is 3.60. The first kappa shape index (κ1) is 28.1. The van der Waals surface area contributed by atoms with Gasteiger partial charge in [-0.25, -0.2) is 9.69 Å². The topological polar surface area (TPSA) is 146 Å². The molecule has 11 heteroatoms. The summed E-state index contributed by atoms with van der Waals surface area (Å²) in [6, 6.07) is 24.0. The number of aromatic carboxylic acids is 1. The van der Waals surface area contributed by atoms with Gasteiger partial charge in [-0.1, -0.05) is 24.3 Å². The fraction of sp³-hybridized carbons (Fsp3) is 0.0645. The number of carboxylic acids is 1. The van der Waals surface area contributed by atoms with E-state index in [4.69, 9.17) is 9.52 Å². The lowest BCUT2D eigenvalue weighted by Gasteiger charge is -2.15. The predicted molar refractivity (Wildman–Crippen MR) is 156 cm³/mol. The third-order valence-electron chi connectivity index (χ3n) is 6.21. The van der Waals surface area contributed by atoms with Crippen molar-refractivity contribution in [3.05, 3.63) is 120 Å². The zero-order valence-corrected chi connectivity index (χ0v) is 22.7. The van der Waals surface area contributed by atoms with E-state index in [0.29, 0.717) is 27.6 Å². The van der Waals surface area contributed by atoms with Crippen LogP contribution in [0, 0.1) is 0 Å². The minimum atomic E-state index is -1.11. The Kier molecular flexibility index (Phi) is 8.30. The van der Waals surface area contributed by atoms with Gasteiger partial charge in [0.1, 0.15) is 11.5 Å². The van der Waals surface area contributed by atoms with E-state index in [0.717, 1.165) is 4.90 Å². The molecule has 4 aromatic rings. The molecular formula is C31H23N3O7S. The number of nitrogens with one attached hydrogen (secondary N) is 2. The van der Waals surface area contributed by atoms with Crippen molar-refractivity contribution < 1.29 is 33.5 Å². The number of carboxylic acid groups (broad SMARTS) is 1. The number of anilines is 2. The van der Waals surface area contributed by atoms with Gasteiger partial charge in [0.2, 0.25) is 11.8 Å². The SMILES string of the molecule is O=C(Nc1cccc(S[C@@H]2CC(=O)N(c3ccc(C(=O)O)cc3)C2=O)c1)/C(=C/c1ccco1)NC(=O)c1ccccc1. The number of furan rings is 1. The molecule has 5 rings (SSSR count). The highest BCUT2D eigenvalue weighted by atomic mass is 32.2. The van der Waals surface area contributed by atoms with E-state index in [1.54, 1.807) is 66.7 Å². The Morgan fingerprint density at radius 2 is 1.67 bits per heavy atom. The molecular weight excluding hydrogens is 558 g/mol. The first-order valence-electron chi connectivity index (χ1n) is 12.7. The van der Waals surface area contributed by atoms with Crippen LogP contribution in [0.5, 0.6) is 0 Å². The average molecular weight is 582 g/mol. The third kappa shape index (κ3) is 6.48. The van der Waals surface area contributed by atoms with Crippen molar-refractivity contribution in [2.45, 2.75) is 16.6 Å². The Morgan fingerprint density at radius 1 is 0.905 bits per heavy atom. The molecule has 1 aliphatic heterocycles. The molecule has 1 atom stereocenters. The molecule has 2 heterocycles. The molecule has 0 unspecified atom stereocenters. The molecule has 42 heavy (non-hydrogen) atoms. The van der Waals surface area contributed by atoms with Crippen molar-refractivity contribution >= 4 is 58.8 Å². The van der Waals surface area contributed by atoms with Crippen molar-refractivity contribution in [2.24, 2.45) is 0 Å². The van der Waals surface area contributed by atoms with Gasteiger partial charge in [0.15, 0.2) is 0 Å². The van der Waals surface area contributed by atoms with Crippen molar-refractivity contribution in [3.8, 4) is 0 Å². The Hall–Kier alpha value is -5.42. The lowest BCUT2D eigenvalue weighted by Crippen LogP contribution is -2.31. The van der Waals surface area contributed by atoms with E-state index >= 15 is 0 Å². The second-order valence-electron chi connectivity index (χ2n) is 9.11. The second-order valence-corrected chi connectivity index (χ2v) is 10.4. The molecule has 1 saturated heterocycles. The van der Waals surface area contributed by atoms with Crippen LogP contribution < -0.4 is 15.5 Å². The van der Waals surface area contributed by atoms with Crippen LogP contribution in [0.1, 0.15) is 32.9 Å². The number of carbonyl (C=O) groups excluding carboxylic acids is 4. The molecule has 10 nitrogen and oxygen atoms in total. The van der Waals surface area contributed by atoms with E-state index in [2.05, 4.69) is 10.6 Å². The molecule has 0 radical (unpaired) electrons. The number of rotatable bonds is 9. The van der Waals surface area contributed by atoms with Crippen LogP contribution in [0.15, 0.2) is 112 Å². The van der Waals surface area contributed by atoms with Crippen LogP contribution in [0.25, 0.3) is 6.08 Å². The molecule has 1 fully saturated rings. The summed E-state index contributed by atoms with van der Waals surface area (Å²) < 4.78 is 5.32. The van der Waals surface area contributed by atoms with Crippen molar-refractivity contribution in [2.75, 3.05) is 10.2 Å². The molecule has 1 aromatic heterocycles. The third-order valence-corrected chi connectivity index (χ3v) is 7.39. The predicted octanol–water partition coefficient (Wildman–Crippen LogP) is 4.81. The molecule has 3 N–H and O–H groups in total. The smallest absolute Gasteiger partial charge is 0.335 e. The summed E-state index contributed by atoms with van der Waals surface area (Å²) in [5.74, 6) is -2.63. The number of nitrogens with zero attached hydrogens (tertiary/aromatic N) is 1. The summed E-state index contributed by atoms with van der Waals surface area (Å²) in [7, 11) is 0. The van der Waals surface area contributed by atoms with Crippen LogP contribution in [-0.4, -0.2) is 40.0 Å². The molecule has 0 spiro atoms. The first-order valence-corrected chi connectivity index (χ1v) is 13.6. The Bertz CT molecular complexity index is 1680. The van der Waals surface area contributed by atoms with Crippen molar-refractivity contribution in [1.82, 2.24) is 5.32 Å². The van der Waals surface area contributed by atoms with Gasteiger partial charge in [0, 0.05) is 28.6 Å². The Labute approximate surface area is 244 Å². The Morgan fingerprint density at radius 3 is 2.36 bits per heavy atom. The van der Waals surface area contributed by atoms with E-state index in [1.165, 1.54) is 48.4 Å². The molecule has 1 aliphatic rings. The molecule has 0 bridgehead atoms. The van der Waals surface area contributed by atoms with Crippen LogP contribution >= 0.6 is 11.8 Å². The highest BCUT2D eigenvalue weighted by molar-refractivity contribution is 8.00. The fourth-order valence-corrected chi connectivity index (χ4v) is 5.30. The summed E-state index contributed by atoms with van der Waals surface area (Å²) in [6.07, 6.45) is 2.82. The van der Waals surface area contributed by atoms with Gasteiger partial charge in [-0.15, -0.1) is 11.8 Å².